The summed E-state index contributed by atoms with van der Waals surface area (Å²) in [5, 5.41) is 0.314. The van der Waals surface area contributed by atoms with E-state index in [1.807, 2.05) is 30.3 Å². The van der Waals surface area contributed by atoms with Gasteiger partial charge in [-0.2, -0.15) is 0 Å². The lowest BCUT2D eigenvalue weighted by Gasteiger charge is -2.17. The minimum Gasteiger partial charge on any atom is -0.333 e. The number of anilines is 1. The van der Waals surface area contributed by atoms with E-state index in [0.29, 0.717) is 5.16 Å². The average molecular weight is 237 g/mol. The maximum atomic E-state index is 5.84. The van der Waals surface area contributed by atoms with E-state index >= 15 is 0 Å². The van der Waals surface area contributed by atoms with Crippen molar-refractivity contribution in [2.24, 2.45) is 0 Å². The van der Waals surface area contributed by atoms with Crippen LogP contribution >= 0.6 is 34.8 Å². The van der Waals surface area contributed by atoms with Crippen molar-refractivity contribution in [3.05, 3.63) is 40.0 Å². The van der Waals surface area contributed by atoms with Gasteiger partial charge in [-0.05, 0) is 12.1 Å². The van der Waals surface area contributed by atoms with Crippen LogP contribution in [0.5, 0.6) is 0 Å². The first-order valence-electron chi connectivity index (χ1n) is 3.62. The minimum absolute atomic E-state index is 0.0630. The van der Waals surface area contributed by atoms with Crippen molar-refractivity contribution >= 4 is 40.5 Å². The Morgan fingerprint density at radius 1 is 1.08 bits per heavy atom. The van der Waals surface area contributed by atoms with Crippen LogP contribution in [0.1, 0.15) is 0 Å². The molecular formula is C9H8Cl3N. The first-order chi connectivity index (χ1) is 6.13. The third-order valence-corrected chi connectivity index (χ3v) is 2.59. The topological polar surface area (TPSA) is 3.24 Å². The van der Waals surface area contributed by atoms with Crippen molar-refractivity contribution in [1.82, 2.24) is 0 Å². The van der Waals surface area contributed by atoms with E-state index in [9.17, 15) is 0 Å². The number of para-hydroxylation sites is 1. The number of hydrogen-bond donors (Lipinski definition) is 0. The summed E-state index contributed by atoms with van der Waals surface area (Å²) in [7, 11) is 1.79. The number of hydrogen-bond acceptors (Lipinski definition) is 1. The highest BCUT2D eigenvalue weighted by Gasteiger charge is 2.06. The van der Waals surface area contributed by atoms with Gasteiger partial charge in [-0.1, -0.05) is 53.0 Å². The monoisotopic (exact) mass is 235 g/mol. The Balaban J connectivity index is 2.93. The summed E-state index contributed by atoms with van der Waals surface area (Å²) in [5.74, 6) is 0. The van der Waals surface area contributed by atoms with Crippen molar-refractivity contribution in [1.29, 1.82) is 0 Å². The normalized spacial score (nSPS) is 9.54. The van der Waals surface area contributed by atoms with Gasteiger partial charge in [0, 0.05) is 12.7 Å². The molecule has 13 heavy (non-hydrogen) atoms. The van der Waals surface area contributed by atoms with Crippen LogP contribution in [0.3, 0.4) is 0 Å². The standard InChI is InChI=1S/C9H8Cl3N/c1-13(9(12)8(10)11)7-5-3-2-4-6-7/h2-6H,1H3. The minimum atomic E-state index is 0.0630. The van der Waals surface area contributed by atoms with Crippen molar-refractivity contribution in [2.75, 3.05) is 11.9 Å². The van der Waals surface area contributed by atoms with Crippen LogP contribution in [0, 0.1) is 0 Å². The Bertz CT molecular complexity index is 304. The summed E-state index contributed by atoms with van der Waals surface area (Å²) in [6, 6.07) is 9.59. The fraction of sp³-hybridized carbons (Fsp3) is 0.111. The van der Waals surface area contributed by atoms with Crippen LogP contribution < -0.4 is 4.90 Å². The number of nitrogens with zero attached hydrogens (tertiary/aromatic N) is 1. The highest BCUT2D eigenvalue weighted by molar-refractivity contribution is 6.59. The molecule has 0 saturated heterocycles. The lowest BCUT2D eigenvalue weighted by atomic mass is 10.3. The van der Waals surface area contributed by atoms with Gasteiger partial charge in [0.1, 0.15) is 9.65 Å². The second-order valence-corrected chi connectivity index (χ2v) is 3.75. The zero-order chi connectivity index (χ0) is 9.84. The molecule has 0 bridgehead atoms. The van der Waals surface area contributed by atoms with E-state index in [0.717, 1.165) is 5.69 Å². The quantitative estimate of drug-likeness (QED) is 0.703. The van der Waals surface area contributed by atoms with Gasteiger partial charge in [0.05, 0.1) is 0 Å². The van der Waals surface area contributed by atoms with Crippen LogP contribution in [0.2, 0.25) is 0 Å². The molecule has 1 rings (SSSR count). The Kier molecular flexibility index (Phi) is 3.91. The maximum Gasteiger partial charge on any atom is 0.142 e. The summed E-state index contributed by atoms with van der Waals surface area (Å²) in [6.07, 6.45) is 0. The molecule has 0 N–H and O–H groups in total. The van der Waals surface area contributed by atoms with Crippen LogP contribution in [0.4, 0.5) is 5.69 Å². The van der Waals surface area contributed by atoms with Crippen LogP contribution in [0.25, 0.3) is 0 Å². The summed E-state index contributed by atoms with van der Waals surface area (Å²) in [5.41, 5.74) is 0.936. The molecule has 0 spiro atoms. The molecule has 0 radical (unpaired) electrons. The van der Waals surface area contributed by atoms with Crippen LogP contribution in [0.15, 0.2) is 40.0 Å². The fourth-order valence-electron chi connectivity index (χ4n) is 0.892. The molecule has 0 aliphatic rings. The fourth-order valence-corrected chi connectivity index (χ4v) is 1.24. The molecule has 0 unspecified atom stereocenters. The maximum absolute atomic E-state index is 5.84. The summed E-state index contributed by atoms with van der Waals surface area (Å²) in [6.45, 7) is 0. The summed E-state index contributed by atoms with van der Waals surface area (Å²) < 4.78 is 0.0630. The van der Waals surface area contributed by atoms with Gasteiger partial charge in [-0.3, -0.25) is 0 Å². The second-order valence-electron chi connectivity index (χ2n) is 2.45. The Labute approximate surface area is 92.5 Å². The summed E-state index contributed by atoms with van der Waals surface area (Å²) in [4.78, 5) is 1.71. The summed E-state index contributed by atoms with van der Waals surface area (Å²) >= 11 is 16.9. The van der Waals surface area contributed by atoms with Crippen molar-refractivity contribution in [3.63, 3.8) is 0 Å². The van der Waals surface area contributed by atoms with E-state index < -0.39 is 0 Å². The molecular weight excluding hydrogens is 228 g/mol. The van der Waals surface area contributed by atoms with Crippen LogP contribution in [-0.4, -0.2) is 7.05 Å². The molecule has 0 saturated carbocycles. The molecule has 1 aromatic rings. The second kappa shape index (κ2) is 4.75. The number of halogens is 3. The van der Waals surface area contributed by atoms with Crippen molar-refractivity contribution < 1.29 is 0 Å². The predicted molar refractivity (Wildman–Crippen MR) is 59.4 cm³/mol. The van der Waals surface area contributed by atoms with Gasteiger partial charge >= 0.3 is 0 Å². The number of benzene rings is 1. The Morgan fingerprint density at radius 3 is 2.08 bits per heavy atom. The molecule has 1 aromatic carbocycles. The Hall–Kier alpha value is -0.370. The van der Waals surface area contributed by atoms with Gasteiger partial charge in [0.25, 0.3) is 0 Å². The molecule has 0 aromatic heterocycles. The molecule has 0 atom stereocenters. The molecule has 0 aliphatic carbocycles. The zero-order valence-electron chi connectivity index (χ0n) is 6.97. The van der Waals surface area contributed by atoms with Gasteiger partial charge in [0.2, 0.25) is 0 Å². The van der Waals surface area contributed by atoms with Gasteiger partial charge < -0.3 is 4.90 Å². The predicted octanol–water partition coefficient (Wildman–Crippen LogP) is 3.97. The van der Waals surface area contributed by atoms with Gasteiger partial charge in [0.15, 0.2) is 0 Å². The first kappa shape index (κ1) is 10.7. The molecule has 0 fully saturated rings. The van der Waals surface area contributed by atoms with E-state index in [1.165, 1.54) is 0 Å². The van der Waals surface area contributed by atoms with Crippen molar-refractivity contribution in [3.8, 4) is 0 Å². The lowest BCUT2D eigenvalue weighted by Crippen LogP contribution is -2.12. The molecule has 70 valence electrons. The highest BCUT2D eigenvalue weighted by Crippen LogP contribution is 2.25. The van der Waals surface area contributed by atoms with Gasteiger partial charge in [-0.25, -0.2) is 0 Å². The van der Waals surface area contributed by atoms with Crippen LogP contribution in [-0.2, 0) is 0 Å². The van der Waals surface area contributed by atoms with Crippen molar-refractivity contribution in [2.45, 2.75) is 0 Å². The van der Waals surface area contributed by atoms with E-state index in [1.54, 1.807) is 11.9 Å². The van der Waals surface area contributed by atoms with Gasteiger partial charge in [-0.15, -0.1) is 0 Å². The first-order valence-corrected chi connectivity index (χ1v) is 4.76. The Morgan fingerprint density at radius 2 is 1.62 bits per heavy atom. The van der Waals surface area contributed by atoms with E-state index in [4.69, 9.17) is 34.8 Å². The van der Waals surface area contributed by atoms with E-state index in [2.05, 4.69) is 0 Å². The lowest BCUT2D eigenvalue weighted by molar-refractivity contribution is 1.18. The van der Waals surface area contributed by atoms with E-state index in [-0.39, 0.29) is 4.49 Å². The molecule has 0 amide bonds. The molecule has 1 nitrogen and oxygen atoms in total. The number of rotatable bonds is 2. The highest BCUT2D eigenvalue weighted by atomic mass is 35.5. The molecule has 0 aliphatic heterocycles. The smallest absolute Gasteiger partial charge is 0.142 e. The third-order valence-electron chi connectivity index (χ3n) is 1.59. The SMILES string of the molecule is CN(C(Cl)=C(Cl)Cl)c1ccccc1. The third kappa shape index (κ3) is 2.80. The largest absolute Gasteiger partial charge is 0.333 e. The average Bonchev–Trinajstić information content (AvgIpc) is 2.17. The zero-order valence-corrected chi connectivity index (χ0v) is 9.24. The molecule has 4 heteroatoms. The molecule has 0 heterocycles.